The molecule has 2 aromatic carbocycles. The fourth-order valence-corrected chi connectivity index (χ4v) is 4.17. The maximum absolute atomic E-state index is 14.1. The summed E-state index contributed by atoms with van der Waals surface area (Å²) in [7, 11) is 2.71. The Kier molecular flexibility index (Phi) is 5.87. The van der Waals surface area contributed by atoms with Crippen LogP contribution in [0.25, 0.3) is 22.0 Å². The number of aromatic nitrogens is 2. The van der Waals surface area contributed by atoms with Gasteiger partial charge in [-0.2, -0.15) is 5.26 Å². The van der Waals surface area contributed by atoms with Crippen molar-refractivity contribution in [2.24, 2.45) is 0 Å². The summed E-state index contributed by atoms with van der Waals surface area (Å²) in [6.45, 7) is 0.495. The molecule has 2 heterocycles. The van der Waals surface area contributed by atoms with Crippen LogP contribution in [0.1, 0.15) is 30.9 Å². The number of aromatic amines is 1. The van der Waals surface area contributed by atoms with E-state index in [-0.39, 0.29) is 40.3 Å². The number of hydrogen-bond acceptors (Lipinski definition) is 6. The Labute approximate surface area is 187 Å². The molecule has 0 bridgehead atoms. The summed E-state index contributed by atoms with van der Waals surface area (Å²) < 4.78 is 25.7. The molecule has 9 nitrogen and oxygen atoms in total. The first-order chi connectivity index (χ1) is 15.9. The summed E-state index contributed by atoms with van der Waals surface area (Å²) in [6, 6.07) is 6.77. The Morgan fingerprint density at radius 3 is 2.55 bits per heavy atom. The molecule has 0 spiro atoms. The van der Waals surface area contributed by atoms with Crippen LogP contribution in [0.2, 0.25) is 0 Å². The summed E-state index contributed by atoms with van der Waals surface area (Å²) in [6.07, 6.45) is 1.18. The molecule has 3 aromatic rings. The van der Waals surface area contributed by atoms with Crippen molar-refractivity contribution in [2.75, 3.05) is 20.8 Å². The lowest BCUT2D eigenvalue weighted by molar-refractivity contribution is -0.121. The molecule has 1 atom stereocenters. The molecule has 0 radical (unpaired) electrons. The molecular weight excluding hydrogens is 431 g/mol. The van der Waals surface area contributed by atoms with Crippen LogP contribution in [0.4, 0.5) is 4.39 Å². The zero-order valence-electron chi connectivity index (χ0n) is 18.0. The van der Waals surface area contributed by atoms with Gasteiger partial charge in [0.05, 0.1) is 42.8 Å². The summed E-state index contributed by atoms with van der Waals surface area (Å²) >= 11 is 0. The van der Waals surface area contributed by atoms with Gasteiger partial charge in [0.25, 0.3) is 5.56 Å². The maximum atomic E-state index is 14.1. The second-order valence-corrected chi connectivity index (χ2v) is 7.70. The molecule has 1 aliphatic rings. The van der Waals surface area contributed by atoms with Crippen molar-refractivity contribution >= 4 is 16.8 Å². The average Bonchev–Trinajstić information content (AvgIpc) is 3.02. The van der Waals surface area contributed by atoms with Crippen LogP contribution in [-0.2, 0) is 4.79 Å². The van der Waals surface area contributed by atoms with Crippen LogP contribution in [0, 0.1) is 17.1 Å². The topological polar surface area (TPSA) is 126 Å². The van der Waals surface area contributed by atoms with Crippen LogP contribution in [0.3, 0.4) is 0 Å². The highest BCUT2D eigenvalue weighted by Gasteiger charge is 2.24. The minimum Gasteiger partial charge on any atom is -0.496 e. The van der Waals surface area contributed by atoms with Gasteiger partial charge in [0.2, 0.25) is 5.91 Å². The first-order valence-corrected chi connectivity index (χ1v) is 10.3. The standard InChI is InChI=1S/C23H21FN4O5/c1-32-19-10-16-18(8-15(19)14-9-20(33-2)17(24)6-12(14)11-25)27-23(31)28(22(16)30)13-4-3-5-26-21(29)7-13/h6,8-10,13H,3-5,7H2,1-2H3,(H,26,29)(H,27,31). The normalized spacial score (nSPS) is 16.1. The van der Waals surface area contributed by atoms with E-state index in [4.69, 9.17) is 9.47 Å². The number of nitriles is 1. The molecule has 1 aromatic heterocycles. The molecule has 1 saturated heterocycles. The number of H-pyrrole nitrogens is 1. The first kappa shape index (κ1) is 22.1. The van der Waals surface area contributed by atoms with E-state index in [9.17, 15) is 24.0 Å². The van der Waals surface area contributed by atoms with Gasteiger partial charge in [-0.1, -0.05) is 0 Å². The van der Waals surface area contributed by atoms with Crippen LogP contribution < -0.4 is 26.0 Å². The van der Waals surface area contributed by atoms with Crippen molar-refractivity contribution < 1.29 is 18.7 Å². The minimum atomic E-state index is -0.693. The highest BCUT2D eigenvalue weighted by molar-refractivity contribution is 5.89. The Morgan fingerprint density at radius 2 is 1.85 bits per heavy atom. The van der Waals surface area contributed by atoms with Gasteiger partial charge >= 0.3 is 5.69 Å². The van der Waals surface area contributed by atoms with Crippen molar-refractivity contribution in [3.63, 3.8) is 0 Å². The van der Waals surface area contributed by atoms with Crippen LogP contribution >= 0.6 is 0 Å². The zero-order chi connectivity index (χ0) is 23.7. The Morgan fingerprint density at radius 1 is 1.09 bits per heavy atom. The van der Waals surface area contributed by atoms with Crippen molar-refractivity contribution in [2.45, 2.75) is 25.3 Å². The highest BCUT2D eigenvalue weighted by Crippen LogP contribution is 2.37. The third-order valence-electron chi connectivity index (χ3n) is 5.77. The van der Waals surface area contributed by atoms with Crippen molar-refractivity contribution in [3.8, 4) is 28.7 Å². The minimum absolute atomic E-state index is 0.0324. The second-order valence-electron chi connectivity index (χ2n) is 7.70. The number of halogens is 1. The number of fused-ring (bicyclic) bond motifs is 1. The lowest BCUT2D eigenvalue weighted by Crippen LogP contribution is -2.39. The van der Waals surface area contributed by atoms with Gasteiger partial charge in [-0.25, -0.2) is 9.18 Å². The predicted molar refractivity (Wildman–Crippen MR) is 118 cm³/mol. The van der Waals surface area contributed by atoms with Gasteiger partial charge in [-0.15, -0.1) is 0 Å². The smallest absolute Gasteiger partial charge is 0.329 e. The fourth-order valence-electron chi connectivity index (χ4n) is 4.17. The Hall–Kier alpha value is -4.13. The molecule has 170 valence electrons. The molecule has 1 unspecified atom stereocenters. The van der Waals surface area contributed by atoms with Gasteiger partial charge < -0.3 is 19.8 Å². The second kappa shape index (κ2) is 8.78. The van der Waals surface area contributed by atoms with E-state index in [1.807, 2.05) is 6.07 Å². The van der Waals surface area contributed by atoms with E-state index >= 15 is 0 Å². The van der Waals surface area contributed by atoms with Gasteiger partial charge in [-0.05, 0) is 37.1 Å². The van der Waals surface area contributed by atoms with Gasteiger partial charge in [0.15, 0.2) is 11.6 Å². The lowest BCUT2D eigenvalue weighted by Gasteiger charge is -2.17. The van der Waals surface area contributed by atoms with E-state index in [1.54, 1.807) is 0 Å². The third kappa shape index (κ3) is 3.93. The van der Waals surface area contributed by atoms with Gasteiger partial charge in [0.1, 0.15) is 5.75 Å². The summed E-state index contributed by atoms with van der Waals surface area (Å²) in [5.41, 5.74) is -0.231. The predicted octanol–water partition coefficient (Wildman–Crippen LogP) is 2.23. The number of carbonyl (C=O) groups excluding carboxylic acids is 1. The number of methoxy groups -OCH3 is 2. The quantitative estimate of drug-likeness (QED) is 0.625. The van der Waals surface area contributed by atoms with Crippen LogP contribution in [0.15, 0.2) is 33.9 Å². The molecule has 2 N–H and O–H groups in total. The zero-order valence-corrected chi connectivity index (χ0v) is 18.0. The van der Waals surface area contributed by atoms with Crippen molar-refractivity contribution in [3.05, 3.63) is 56.5 Å². The number of hydrogen-bond donors (Lipinski definition) is 2. The molecule has 1 aliphatic heterocycles. The highest BCUT2D eigenvalue weighted by atomic mass is 19.1. The van der Waals surface area contributed by atoms with E-state index in [0.717, 1.165) is 10.6 Å². The fraction of sp³-hybridized carbons (Fsp3) is 0.304. The average molecular weight is 452 g/mol. The summed E-state index contributed by atoms with van der Waals surface area (Å²) in [5, 5.41) is 12.4. The summed E-state index contributed by atoms with van der Waals surface area (Å²) in [4.78, 5) is 40.8. The van der Waals surface area contributed by atoms with E-state index < -0.39 is 23.1 Å². The van der Waals surface area contributed by atoms with Crippen LogP contribution in [-0.4, -0.2) is 36.2 Å². The number of rotatable bonds is 4. The molecular formula is C23H21FN4O5. The molecule has 1 fully saturated rings. The van der Waals surface area contributed by atoms with Gasteiger partial charge in [0, 0.05) is 24.1 Å². The summed E-state index contributed by atoms with van der Waals surface area (Å²) in [5.74, 6) is -0.726. The van der Waals surface area contributed by atoms with E-state index in [0.29, 0.717) is 30.5 Å². The number of benzene rings is 2. The number of nitrogens with one attached hydrogen (secondary N) is 2. The van der Waals surface area contributed by atoms with E-state index in [2.05, 4.69) is 10.3 Å². The SMILES string of the molecule is COc1cc(-c2cc3[nH]c(=O)n(C4CCCNC(=O)C4)c(=O)c3cc2OC)c(C#N)cc1F. The van der Waals surface area contributed by atoms with Crippen molar-refractivity contribution in [1.82, 2.24) is 14.9 Å². The van der Waals surface area contributed by atoms with Crippen LogP contribution in [0.5, 0.6) is 11.5 Å². The monoisotopic (exact) mass is 452 g/mol. The molecule has 10 heteroatoms. The van der Waals surface area contributed by atoms with Gasteiger partial charge in [-0.3, -0.25) is 14.2 Å². The molecule has 0 aliphatic carbocycles. The third-order valence-corrected chi connectivity index (χ3v) is 5.77. The van der Waals surface area contributed by atoms with E-state index in [1.165, 1.54) is 32.4 Å². The maximum Gasteiger partial charge on any atom is 0.329 e. The largest absolute Gasteiger partial charge is 0.496 e. The first-order valence-electron chi connectivity index (χ1n) is 10.3. The molecule has 33 heavy (non-hydrogen) atoms. The number of ether oxygens (including phenoxy) is 2. The molecule has 1 amide bonds. The Bertz CT molecular complexity index is 1420. The Balaban J connectivity index is 1.95. The lowest BCUT2D eigenvalue weighted by atomic mass is 9.97. The molecule has 0 saturated carbocycles. The number of carbonyl (C=O) groups is 1. The molecule has 4 rings (SSSR count). The van der Waals surface area contributed by atoms with Crippen molar-refractivity contribution in [1.29, 1.82) is 5.26 Å². The number of nitrogens with zero attached hydrogens (tertiary/aromatic N) is 2. The number of amides is 1.